The van der Waals surface area contributed by atoms with Gasteiger partial charge in [-0.1, -0.05) is 22.5 Å². The lowest BCUT2D eigenvalue weighted by atomic mass is 10.4. The van der Waals surface area contributed by atoms with Crippen LogP contribution in [0, 0.1) is 0 Å². The summed E-state index contributed by atoms with van der Waals surface area (Å²) in [6.07, 6.45) is 0.888. The van der Waals surface area contributed by atoms with E-state index in [1.165, 1.54) is 6.26 Å². The lowest BCUT2D eigenvalue weighted by molar-refractivity contribution is 0.102. The van der Waals surface area contributed by atoms with E-state index < -0.39 is 6.10 Å². The van der Waals surface area contributed by atoms with Gasteiger partial charge in [-0.25, -0.2) is 0 Å². The third-order valence-corrected chi connectivity index (χ3v) is 1.33. The van der Waals surface area contributed by atoms with Crippen LogP contribution in [-0.4, -0.2) is 23.1 Å². The molecule has 0 aliphatic heterocycles. The molecule has 0 amide bonds. The van der Waals surface area contributed by atoms with Gasteiger partial charge < -0.3 is 9.84 Å². The average Bonchev–Trinajstić information content (AvgIpc) is 1.83. The Morgan fingerprint density at radius 2 is 2.50 bits per heavy atom. The Morgan fingerprint density at radius 1 is 1.88 bits per heavy atom. The van der Waals surface area contributed by atoms with Crippen molar-refractivity contribution in [1.29, 1.82) is 0 Å². The first-order valence-corrected chi connectivity index (χ1v) is 3.40. The van der Waals surface area contributed by atoms with Crippen LogP contribution in [0.3, 0.4) is 0 Å². The SMILES string of the molecule is C=COC[C@H](O)CBr. The molecule has 0 aromatic rings. The van der Waals surface area contributed by atoms with Gasteiger partial charge in [-0.2, -0.15) is 0 Å². The number of hydrogen-bond acceptors (Lipinski definition) is 2. The first-order valence-electron chi connectivity index (χ1n) is 2.27. The lowest BCUT2D eigenvalue weighted by Gasteiger charge is -2.03. The maximum Gasteiger partial charge on any atom is 0.114 e. The van der Waals surface area contributed by atoms with Crippen molar-refractivity contribution >= 4 is 15.9 Å². The number of alkyl halides is 1. The quantitative estimate of drug-likeness (QED) is 0.515. The van der Waals surface area contributed by atoms with Crippen LogP contribution >= 0.6 is 15.9 Å². The van der Waals surface area contributed by atoms with Gasteiger partial charge in [0.15, 0.2) is 0 Å². The van der Waals surface area contributed by atoms with E-state index in [9.17, 15) is 0 Å². The molecule has 0 fully saturated rings. The molecule has 0 heterocycles. The van der Waals surface area contributed by atoms with Gasteiger partial charge >= 0.3 is 0 Å². The van der Waals surface area contributed by atoms with Crippen molar-refractivity contribution in [1.82, 2.24) is 0 Å². The van der Waals surface area contributed by atoms with Crippen molar-refractivity contribution in [3.05, 3.63) is 12.8 Å². The van der Waals surface area contributed by atoms with Gasteiger partial charge in [0.05, 0.1) is 12.4 Å². The Balaban J connectivity index is 2.97. The summed E-state index contributed by atoms with van der Waals surface area (Å²) < 4.78 is 4.67. The molecule has 48 valence electrons. The highest BCUT2D eigenvalue weighted by Crippen LogP contribution is 1.90. The Hall–Kier alpha value is -0.0200. The summed E-state index contributed by atoms with van der Waals surface area (Å²) in [6.45, 7) is 3.63. The second kappa shape index (κ2) is 5.12. The third kappa shape index (κ3) is 4.15. The van der Waals surface area contributed by atoms with Gasteiger partial charge in [0.2, 0.25) is 0 Å². The van der Waals surface area contributed by atoms with Crippen molar-refractivity contribution < 1.29 is 9.84 Å². The number of aliphatic hydroxyl groups is 1. The molecule has 2 nitrogen and oxygen atoms in total. The summed E-state index contributed by atoms with van der Waals surface area (Å²) >= 11 is 3.08. The number of hydrogen-bond donors (Lipinski definition) is 1. The van der Waals surface area contributed by atoms with Crippen LogP contribution in [-0.2, 0) is 4.74 Å². The van der Waals surface area contributed by atoms with E-state index in [1.54, 1.807) is 0 Å². The first-order chi connectivity index (χ1) is 3.81. The molecule has 0 spiro atoms. The molecule has 0 saturated carbocycles. The largest absolute Gasteiger partial charge is 0.499 e. The fourth-order valence-corrected chi connectivity index (χ4v) is 0.411. The summed E-state index contributed by atoms with van der Waals surface area (Å²) in [7, 11) is 0. The summed E-state index contributed by atoms with van der Waals surface area (Å²) in [5, 5.41) is 9.31. The Kier molecular flexibility index (Phi) is 5.11. The second-order valence-electron chi connectivity index (χ2n) is 1.31. The predicted octanol–water partition coefficient (Wildman–Crippen LogP) is 0.902. The number of halogens is 1. The van der Waals surface area contributed by atoms with Gasteiger partial charge in [-0.05, 0) is 0 Å². The zero-order valence-electron chi connectivity index (χ0n) is 4.51. The minimum Gasteiger partial charge on any atom is -0.499 e. The first kappa shape index (κ1) is 7.98. The van der Waals surface area contributed by atoms with Gasteiger partial charge in [-0.3, -0.25) is 0 Å². The molecule has 0 aliphatic carbocycles. The maximum atomic E-state index is 8.77. The van der Waals surface area contributed by atoms with Gasteiger partial charge in [-0.15, -0.1) is 0 Å². The number of ether oxygens (including phenoxy) is 1. The minimum absolute atomic E-state index is 0.314. The Labute approximate surface area is 57.3 Å². The molecule has 0 aliphatic rings. The van der Waals surface area contributed by atoms with Crippen LogP contribution in [0.25, 0.3) is 0 Å². The lowest BCUT2D eigenvalue weighted by Crippen LogP contribution is -2.14. The summed E-state index contributed by atoms with van der Waals surface area (Å²) in [4.78, 5) is 0. The highest BCUT2D eigenvalue weighted by Gasteiger charge is 1.97. The molecular weight excluding hydrogens is 172 g/mol. The maximum absolute atomic E-state index is 8.77. The summed E-state index contributed by atoms with van der Waals surface area (Å²) in [5.74, 6) is 0. The Morgan fingerprint density at radius 3 is 2.88 bits per heavy atom. The van der Waals surface area contributed by atoms with Crippen molar-refractivity contribution in [2.24, 2.45) is 0 Å². The summed E-state index contributed by atoms with van der Waals surface area (Å²) in [5.41, 5.74) is 0. The molecule has 1 atom stereocenters. The molecule has 0 saturated heterocycles. The van der Waals surface area contributed by atoms with Crippen molar-refractivity contribution in [3.63, 3.8) is 0 Å². The molecule has 0 rings (SSSR count). The molecule has 8 heavy (non-hydrogen) atoms. The smallest absolute Gasteiger partial charge is 0.114 e. The van der Waals surface area contributed by atoms with Crippen LogP contribution in [0.1, 0.15) is 0 Å². The molecule has 3 heteroatoms. The molecule has 0 unspecified atom stereocenters. The fraction of sp³-hybridized carbons (Fsp3) is 0.600. The zero-order chi connectivity index (χ0) is 6.41. The van der Waals surface area contributed by atoms with E-state index >= 15 is 0 Å². The monoisotopic (exact) mass is 180 g/mol. The van der Waals surface area contributed by atoms with Crippen LogP contribution in [0.5, 0.6) is 0 Å². The zero-order valence-corrected chi connectivity index (χ0v) is 6.10. The molecule has 1 N–H and O–H groups in total. The van der Waals surface area contributed by atoms with E-state index in [-0.39, 0.29) is 0 Å². The van der Waals surface area contributed by atoms with E-state index in [4.69, 9.17) is 5.11 Å². The second-order valence-corrected chi connectivity index (χ2v) is 1.96. The highest BCUT2D eigenvalue weighted by molar-refractivity contribution is 9.09. The van der Waals surface area contributed by atoms with E-state index in [1.807, 2.05) is 0 Å². The third-order valence-electron chi connectivity index (χ3n) is 0.585. The topological polar surface area (TPSA) is 29.5 Å². The normalized spacial score (nSPS) is 12.8. The fourth-order valence-electron chi connectivity index (χ4n) is 0.224. The number of aliphatic hydroxyl groups excluding tert-OH is 1. The van der Waals surface area contributed by atoms with Crippen molar-refractivity contribution in [2.75, 3.05) is 11.9 Å². The van der Waals surface area contributed by atoms with Gasteiger partial charge in [0, 0.05) is 5.33 Å². The van der Waals surface area contributed by atoms with Crippen LogP contribution in [0.4, 0.5) is 0 Å². The van der Waals surface area contributed by atoms with Gasteiger partial charge in [0.25, 0.3) is 0 Å². The van der Waals surface area contributed by atoms with Gasteiger partial charge in [0.1, 0.15) is 6.61 Å². The Bertz CT molecular complexity index is 65.4. The standard InChI is InChI=1S/C5H9BrO2/c1-2-8-4-5(7)3-6/h2,5,7H,1,3-4H2/t5-/m1/s1. The van der Waals surface area contributed by atoms with Crippen molar-refractivity contribution in [3.8, 4) is 0 Å². The van der Waals surface area contributed by atoms with Crippen molar-refractivity contribution in [2.45, 2.75) is 6.10 Å². The van der Waals surface area contributed by atoms with Crippen LogP contribution < -0.4 is 0 Å². The van der Waals surface area contributed by atoms with Crippen LogP contribution in [0.15, 0.2) is 12.8 Å². The average molecular weight is 181 g/mol. The molecule has 0 aromatic carbocycles. The molecular formula is C5H9BrO2. The molecule has 0 aromatic heterocycles. The van der Waals surface area contributed by atoms with E-state index in [2.05, 4.69) is 27.2 Å². The van der Waals surface area contributed by atoms with E-state index in [0.29, 0.717) is 11.9 Å². The number of rotatable bonds is 4. The predicted molar refractivity (Wildman–Crippen MR) is 35.9 cm³/mol. The summed E-state index contributed by atoms with van der Waals surface area (Å²) in [6, 6.07) is 0. The minimum atomic E-state index is -0.423. The highest BCUT2D eigenvalue weighted by atomic mass is 79.9. The molecule has 0 radical (unpaired) electrons. The van der Waals surface area contributed by atoms with Crippen LogP contribution in [0.2, 0.25) is 0 Å². The molecule has 0 bridgehead atoms. The van der Waals surface area contributed by atoms with E-state index in [0.717, 1.165) is 0 Å².